The Labute approximate surface area is 506 Å². The monoisotopic (exact) mass is 1130 g/mol. The number of carbonyl (C=O) groups excluding carboxylic acids is 1. The number of carbonyl (C=O) groups is 1. The van der Waals surface area contributed by atoms with E-state index in [1.165, 1.54) is 36.4 Å². The largest absolute Gasteiger partial charge is 1.00 e. The molecular formula is C45H39BrF6K2N10O9. The Balaban J connectivity index is 0.000000428. The Morgan fingerprint density at radius 2 is 1.10 bits per heavy atom. The minimum Gasteiger partial charge on any atom is -1.00 e. The van der Waals surface area contributed by atoms with Crippen LogP contribution in [0.1, 0.15) is 24.2 Å². The molecule has 0 aliphatic rings. The first-order valence-corrected chi connectivity index (χ1v) is 21.3. The van der Waals surface area contributed by atoms with Gasteiger partial charge in [0.05, 0.1) is 13.1 Å². The van der Waals surface area contributed by atoms with Gasteiger partial charge in [0.25, 0.3) is 18.3 Å². The SMILES string of the molecule is C=CCBr.C=CCOc1cccc(Cn2nc(-c3nc(-c4ccc(OC(F)(F)F)cc4)no3)nc2C)c1.Cc1nc(-c2nc(-c3ccc(OC(F)(F)F)cc3)no2)nn1Cc1cccc(O)c1.O=CO[O-].[H-].[K+].[K+]. The van der Waals surface area contributed by atoms with Crippen molar-refractivity contribution in [3.05, 3.63) is 145 Å². The Bertz CT molecular complexity index is 2970. The van der Waals surface area contributed by atoms with Crippen LogP contribution in [0.2, 0.25) is 0 Å². The molecule has 73 heavy (non-hydrogen) atoms. The van der Waals surface area contributed by atoms with Crippen LogP contribution in [-0.2, 0) is 22.8 Å². The Kier molecular flexibility index (Phi) is 25.8. The zero-order valence-electron chi connectivity index (χ0n) is 40.0. The second-order valence-corrected chi connectivity index (χ2v) is 14.5. The van der Waals surface area contributed by atoms with Crippen molar-refractivity contribution in [2.75, 3.05) is 11.9 Å². The van der Waals surface area contributed by atoms with Gasteiger partial charge >= 0.3 is 115 Å². The van der Waals surface area contributed by atoms with E-state index in [4.69, 9.17) is 23.8 Å². The minimum absolute atomic E-state index is 0. The van der Waals surface area contributed by atoms with E-state index in [1.807, 2.05) is 30.3 Å². The molecule has 0 spiro atoms. The molecule has 0 bridgehead atoms. The summed E-state index contributed by atoms with van der Waals surface area (Å²) < 4.78 is 101. The number of allylic oxidation sites excluding steroid dienone is 1. The smallest absolute Gasteiger partial charge is 1.00 e. The van der Waals surface area contributed by atoms with Crippen LogP contribution in [0.4, 0.5) is 26.3 Å². The van der Waals surface area contributed by atoms with Crippen molar-refractivity contribution in [2.45, 2.75) is 39.7 Å². The summed E-state index contributed by atoms with van der Waals surface area (Å²) >= 11 is 3.13. The molecule has 0 radical (unpaired) electrons. The van der Waals surface area contributed by atoms with E-state index in [-0.39, 0.29) is 163 Å². The normalized spacial score (nSPS) is 10.5. The number of phenolic OH excluding ortho intramolecular Hbond substituents is 1. The summed E-state index contributed by atoms with van der Waals surface area (Å²) in [5.74, 6) is 2.38. The number of hydrogen-bond donors (Lipinski definition) is 1. The van der Waals surface area contributed by atoms with Gasteiger partial charge in [-0.05, 0) is 97.8 Å². The van der Waals surface area contributed by atoms with E-state index in [9.17, 15) is 31.4 Å². The predicted molar refractivity (Wildman–Crippen MR) is 241 cm³/mol. The maximum atomic E-state index is 12.3. The van der Waals surface area contributed by atoms with Gasteiger partial charge in [-0.15, -0.1) is 43.1 Å². The fourth-order valence-electron chi connectivity index (χ4n) is 5.68. The van der Waals surface area contributed by atoms with E-state index in [2.05, 4.69) is 83.9 Å². The average molecular weight is 1140 g/mol. The third-order valence-electron chi connectivity index (χ3n) is 8.63. The number of phenols is 1. The number of nitrogens with zero attached hydrogens (tertiary/aromatic N) is 10. The number of aromatic nitrogens is 10. The van der Waals surface area contributed by atoms with Crippen molar-refractivity contribution >= 4 is 22.4 Å². The van der Waals surface area contributed by atoms with Gasteiger partial charge in [0.1, 0.15) is 41.3 Å². The van der Waals surface area contributed by atoms with Crippen LogP contribution in [0.15, 0.2) is 131 Å². The fraction of sp³-hybridized carbons (Fsp3) is 0.178. The summed E-state index contributed by atoms with van der Waals surface area (Å²) in [6.45, 7) is 11.7. The summed E-state index contributed by atoms with van der Waals surface area (Å²) in [4.78, 5) is 28.4. The van der Waals surface area contributed by atoms with Crippen molar-refractivity contribution in [2.24, 2.45) is 0 Å². The Morgan fingerprint density at radius 1 is 0.671 bits per heavy atom. The van der Waals surface area contributed by atoms with Crippen LogP contribution in [0.3, 0.4) is 0 Å². The van der Waals surface area contributed by atoms with Crippen LogP contribution >= 0.6 is 15.9 Å². The van der Waals surface area contributed by atoms with Crippen molar-refractivity contribution < 1.29 is 174 Å². The number of halogens is 7. The molecule has 28 heteroatoms. The minimum atomic E-state index is -4.76. The summed E-state index contributed by atoms with van der Waals surface area (Å²) in [6, 6.07) is 24.6. The molecule has 0 amide bonds. The topological polar surface area (TPSA) is 237 Å². The third kappa shape index (κ3) is 20.6. The van der Waals surface area contributed by atoms with Gasteiger partial charge in [-0.2, -0.15) is 9.97 Å². The molecule has 19 nitrogen and oxygen atoms in total. The van der Waals surface area contributed by atoms with Crippen molar-refractivity contribution in [3.63, 3.8) is 0 Å². The van der Waals surface area contributed by atoms with Gasteiger partial charge < -0.3 is 39.9 Å². The van der Waals surface area contributed by atoms with Crippen LogP contribution in [0.25, 0.3) is 46.2 Å². The van der Waals surface area contributed by atoms with Crippen LogP contribution < -0.4 is 122 Å². The number of benzene rings is 4. The molecule has 1 N–H and O–H groups in total. The van der Waals surface area contributed by atoms with Gasteiger partial charge in [-0.25, -0.2) is 19.3 Å². The molecule has 4 aromatic heterocycles. The number of rotatable bonds is 15. The molecule has 0 aliphatic carbocycles. The van der Waals surface area contributed by atoms with Crippen molar-refractivity contribution in [1.82, 2.24) is 49.8 Å². The molecule has 0 saturated carbocycles. The molecule has 0 aliphatic heterocycles. The number of aryl methyl sites for hydroxylation is 2. The van der Waals surface area contributed by atoms with E-state index in [0.717, 1.165) is 34.3 Å². The molecule has 374 valence electrons. The van der Waals surface area contributed by atoms with Crippen molar-refractivity contribution in [1.29, 1.82) is 0 Å². The summed E-state index contributed by atoms with van der Waals surface area (Å²) in [6.07, 6.45) is -6.06. The fourth-order valence-corrected chi connectivity index (χ4v) is 5.68. The molecule has 0 unspecified atom stereocenters. The third-order valence-corrected chi connectivity index (χ3v) is 9.09. The average Bonchev–Trinajstić information content (AvgIpc) is 4.17. The first-order chi connectivity index (χ1) is 33.9. The number of hydrogen-bond acceptors (Lipinski definition) is 17. The maximum Gasteiger partial charge on any atom is 1.00 e. The van der Waals surface area contributed by atoms with Gasteiger partial charge in [0.2, 0.25) is 23.3 Å². The number of aromatic hydroxyl groups is 1. The van der Waals surface area contributed by atoms with Gasteiger partial charge in [0, 0.05) is 16.5 Å². The standard InChI is InChI=1S/C22H18F3N5O3.C19H14F3N5O3.C3H5Br.CH2O3.2K.H/c1-3-11-31-18-6-4-5-15(12-18)13-30-14(2)26-20(28-30)21-27-19(29-33-21)16-7-9-17(10-8-16)32-22(23,24)25;1-11-23-17(25-27(11)10-12-3-2-4-14(28)9-12)18-24-16(26-30-18)13-5-7-15(8-6-13)29-19(20,21)22;1-2-3-4;2-1-4-3;;;/h3-10,12H,1,11,13H2,2H3;2-9,28H,10H2,1H3;2H,1,3H2;1,3H;;;/q;;;;2*+1;-1/p-1. The molecule has 0 fully saturated rings. The van der Waals surface area contributed by atoms with Gasteiger partial charge in [-0.1, -0.05) is 69.2 Å². The first-order valence-electron chi connectivity index (χ1n) is 20.1. The van der Waals surface area contributed by atoms with Crippen LogP contribution in [0.5, 0.6) is 23.0 Å². The maximum absolute atomic E-state index is 12.3. The van der Waals surface area contributed by atoms with E-state index < -0.39 is 12.7 Å². The van der Waals surface area contributed by atoms with Crippen LogP contribution in [0, 0.1) is 13.8 Å². The van der Waals surface area contributed by atoms with Gasteiger partial charge in [0.15, 0.2) is 0 Å². The summed E-state index contributed by atoms with van der Waals surface area (Å²) in [7, 11) is 0. The Morgan fingerprint density at radius 3 is 1.48 bits per heavy atom. The predicted octanol–water partition coefficient (Wildman–Crippen LogP) is 2.89. The first kappa shape index (κ1) is 62.2. The zero-order chi connectivity index (χ0) is 51.6. The van der Waals surface area contributed by atoms with E-state index in [0.29, 0.717) is 42.5 Å². The zero-order valence-corrected chi connectivity index (χ0v) is 46.9. The summed E-state index contributed by atoms with van der Waals surface area (Å²) in [5, 5.41) is 35.4. The van der Waals surface area contributed by atoms with Crippen molar-refractivity contribution in [3.8, 4) is 69.2 Å². The molecule has 8 aromatic rings. The Hall–Kier alpha value is -5.12. The molecule has 0 saturated heterocycles. The molecule has 8 rings (SSSR count). The second-order valence-electron chi connectivity index (χ2n) is 13.8. The molecule has 4 aromatic carbocycles. The second kappa shape index (κ2) is 30.3. The van der Waals surface area contributed by atoms with Gasteiger partial charge in [-0.3, -0.25) is 4.79 Å². The van der Waals surface area contributed by atoms with E-state index >= 15 is 0 Å². The quantitative estimate of drug-likeness (QED) is 0.0296. The molecular weight excluding hydrogens is 1100 g/mol. The van der Waals surface area contributed by atoms with Crippen LogP contribution in [-0.4, -0.2) is 86.1 Å². The number of ether oxygens (including phenoxy) is 3. The number of alkyl halides is 7. The molecule has 0 atom stereocenters. The summed E-state index contributed by atoms with van der Waals surface area (Å²) in [5.41, 5.74) is 2.69. The van der Waals surface area contributed by atoms with E-state index in [1.54, 1.807) is 53.6 Å². The molecule has 4 heterocycles.